The molecule has 0 bridgehead atoms. The quantitative estimate of drug-likeness (QED) is 0.837. The van der Waals surface area contributed by atoms with Crippen molar-refractivity contribution in [1.82, 2.24) is 10.2 Å². The minimum absolute atomic E-state index is 0.315. The molecule has 2 aliphatic rings. The van der Waals surface area contributed by atoms with E-state index in [-0.39, 0.29) is 0 Å². The fourth-order valence-corrected chi connectivity index (χ4v) is 3.27. The second kappa shape index (κ2) is 7.13. The second-order valence-electron chi connectivity index (χ2n) is 6.04. The molecule has 104 valence electrons. The monoisotopic (exact) mass is 252 g/mol. The molecule has 1 aliphatic carbocycles. The summed E-state index contributed by atoms with van der Waals surface area (Å²) in [5, 5.41) is 3.50. The lowest BCUT2D eigenvalue weighted by atomic mass is 9.86. The van der Waals surface area contributed by atoms with E-state index in [2.05, 4.69) is 17.1 Å². The zero-order valence-corrected chi connectivity index (χ0v) is 11.8. The molecule has 3 heteroatoms. The third-order valence-corrected chi connectivity index (χ3v) is 4.59. The van der Waals surface area contributed by atoms with Crippen molar-refractivity contribution in [3.63, 3.8) is 0 Å². The highest BCUT2D eigenvalue weighted by atomic mass is 16.2. The average molecular weight is 252 g/mol. The average Bonchev–Trinajstić information content (AvgIpc) is 2.66. The zero-order chi connectivity index (χ0) is 12.8. The molecule has 18 heavy (non-hydrogen) atoms. The van der Waals surface area contributed by atoms with Gasteiger partial charge in [-0.15, -0.1) is 0 Å². The third-order valence-electron chi connectivity index (χ3n) is 4.59. The Bertz CT molecular complexity index is 259. The summed E-state index contributed by atoms with van der Waals surface area (Å²) in [4.78, 5) is 14.2. The van der Waals surface area contributed by atoms with E-state index in [9.17, 15) is 4.79 Å². The first-order valence-corrected chi connectivity index (χ1v) is 7.78. The number of hydrogen-bond donors (Lipinski definition) is 1. The number of likely N-dealkylation sites (tertiary alicyclic amines) is 1. The van der Waals surface area contributed by atoms with Crippen LogP contribution in [0.2, 0.25) is 0 Å². The largest absolute Gasteiger partial charge is 0.342 e. The third kappa shape index (κ3) is 3.98. The van der Waals surface area contributed by atoms with Gasteiger partial charge in [-0.2, -0.15) is 0 Å². The van der Waals surface area contributed by atoms with Gasteiger partial charge in [-0.05, 0) is 31.6 Å². The maximum atomic E-state index is 12.2. The molecule has 0 spiro atoms. The second-order valence-corrected chi connectivity index (χ2v) is 6.04. The van der Waals surface area contributed by atoms with Crippen LogP contribution in [-0.2, 0) is 4.79 Å². The van der Waals surface area contributed by atoms with Gasteiger partial charge in [0.2, 0.25) is 5.91 Å². The molecule has 3 nitrogen and oxygen atoms in total. The van der Waals surface area contributed by atoms with Gasteiger partial charge in [0.1, 0.15) is 0 Å². The molecular formula is C15H28N2O. The predicted octanol–water partition coefficient (Wildman–Crippen LogP) is 2.56. The highest BCUT2D eigenvalue weighted by molar-refractivity contribution is 5.78. The molecular weight excluding hydrogens is 224 g/mol. The summed E-state index contributed by atoms with van der Waals surface area (Å²) in [5.41, 5.74) is 0. The zero-order valence-electron chi connectivity index (χ0n) is 11.8. The SMILES string of the molecule is CC1CCCCC1NCC(=O)N1CCCCCC1. The van der Waals surface area contributed by atoms with E-state index in [1.807, 2.05) is 0 Å². The molecule has 1 aliphatic heterocycles. The van der Waals surface area contributed by atoms with Crippen molar-refractivity contribution in [2.75, 3.05) is 19.6 Å². The van der Waals surface area contributed by atoms with Crippen LogP contribution in [0.25, 0.3) is 0 Å². The van der Waals surface area contributed by atoms with Crippen LogP contribution < -0.4 is 5.32 Å². The summed E-state index contributed by atoms with van der Waals surface area (Å²) in [6.45, 7) is 4.81. The van der Waals surface area contributed by atoms with Crippen molar-refractivity contribution < 1.29 is 4.79 Å². The molecule has 1 heterocycles. The summed E-state index contributed by atoms with van der Waals surface area (Å²) in [7, 11) is 0. The number of hydrogen-bond acceptors (Lipinski definition) is 2. The van der Waals surface area contributed by atoms with E-state index in [1.165, 1.54) is 51.4 Å². The van der Waals surface area contributed by atoms with Crippen molar-refractivity contribution in [2.45, 2.75) is 64.3 Å². The van der Waals surface area contributed by atoms with Gasteiger partial charge in [-0.25, -0.2) is 0 Å². The smallest absolute Gasteiger partial charge is 0.236 e. The lowest BCUT2D eigenvalue weighted by Crippen LogP contribution is -2.45. The van der Waals surface area contributed by atoms with Crippen LogP contribution in [0.5, 0.6) is 0 Å². The number of nitrogens with one attached hydrogen (secondary N) is 1. The minimum atomic E-state index is 0.315. The fourth-order valence-electron chi connectivity index (χ4n) is 3.27. The van der Waals surface area contributed by atoms with Crippen LogP contribution >= 0.6 is 0 Å². The first kappa shape index (κ1) is 13.9. The summed E-state index contributed by atoms with van der Waals surface area (Å²) >= 11 is 0. The Kier molecular flexibility index (Phi) is 5.48. The van der Waals surface area contributed by atoms with E-state index < -0.39 is 0 Å². The number of carbonyl (C=O) groups excluding carboxylic acids is 1. The molecule has 2 atom stereocenters. The number of rotatable bonds is 3. The summed E-state index contributed by atoms with van der Waals surface area (Å²) < 4.78 is 0. The topological polar surface area (TPSA) is 32.3 Å². The van der Waals surface area contributed by atoms with E-state index >= 15 is 0 Å². The van der Waals surface area contributed by atoms with Gasteiger partial charge in [0, 0.05) is 19.1 Å². The first-order chi connectivity index (χ1) is 8.77. The van der Waals surface area contributed by atoms with Gasteiger partial charge in [0.25, 0.3) is 0 Å². The van der Waals surface area contributed by atoms with Crippen molar-refractivity contribution in [3.05, 3.63) is 0 Å². The molecule has 2 unspecified atom stereocenters. The van der Waals surface area contributed by atoms with Gasteiger partial charge in [-0.1, -0.05) is 32.6 Å². The Hall–Kier alpha value is -0.570. The van der Waals surface area contributed by atoms with Crippen molar-refractivity contribution in [2.24, 2.45) is 5.92 Å². The minimum Gasteiger partial charge on any atom is -0.342 e. The Morgan fingerprint density at radius 2 is 1.72 bits per heavy atom. The maximum absolute atomic E-state index is 12.2. The fraction of sp³-hybridized carbons (Fsp3) is 0.933. The molecule has 2 rings (SSSR count). The van der Waals surface area contributed by atoms with E-state index in [1.54, 1.807) is 0 Å². The first-order valence-electron chi connectivity index (χ1n) is 7.78. The lowest BCUT2D eigenvalue weighted by Gasteiger charge is -2.30. The van der Waals surface area contributed by atoms with Gasteiger partial charge in [0.15, 0.2) is 0 Å². The number of amides is 1. The molecule has 1 amide bonds. The molecule has 2 fully saturated rings. The molecule has 0 radical (unpaired) electrons. The molecule has 1 N–H and O–H groups in total. The molecule has 0 aromatic carbocycles. The highest BCUT2D eigenvalue weighted by Crippen LogP contribution is 2.23. The van der Waals surface area contributed by atoms with Crippen LogP contribution in [0.3, 0.4) is 0 Å². The van der Waals surface area contributed by atoms with Gasteiger partial charge >= 0.3 is 0 Å². The lowest BCUT2D eigenvalue weighted by molar-refractivity contribution is -0.130. The molecule has 1 saturated carbocycles. The van der Waals surface area contributed by atoms with Crippen LogP contribution in [0.4, 0.5) is 0 Å². The Balaban J connectivity index is 1.72. The van der Waals surface area contributed by atoms with Crippen LogP contribution in [-0.4, -0.2) is 36.5 Å². The van der Waals surface area contributed by atoms with Crippen molar-refractivity contribution in [1.29, 1.82) is 0 Å². The number of carbonyl (C=O) groups is 1. The summed E-state index contributed by atoms with van der Waals surface area (Å²) in [6, 6.07) is 0.565. The Labute approximate surface area is 111 Å². The van der Waals surface area contributed by atoms with E-state index in [0.717, 1.165) is 19.0 Å². The van der Waals surface area contributed by atoms with Crippen LogP contribution in [0.1, 0.15) is 58.3 Å². The predicted molar refractivity (Wildman–Crippen MR) is 74.5 cm³/mol. The number of nitrogens with zero attached hydrogens (tertiary/aromatic N) is 1. The van der Waals surface area contributed by atoms with Gasteiger partial charge in [0.05, 0.1) is 6.54 Å². The van der Waals surface area contributed by atoms with Gasteiger partial charge in [-0.3, -0.25) is 4.79 Å². The Morgan fingerprint density at radius 1 is 1.06 bits per heavy atom. The standard InChI is InChI=1S/C15H28N2O/c1-13-8-4-5-9-14(13)16-12-15(18)17-10-6-2-3-7-11-17/h13-14,16H,2-12H2,1H3. The maximum Gasteiger partial charge on any atom is 0.236 e. The molecule has 0 aromatic heterocycles. The van der Waals surface area contributed by atoms with E-state index in [4.69, 9.17) is 0 Å². The molecule has 0 aromatic rings. The molecule has 1 saturated heterocycles. The van der Waals surface area contributed by atoms with Crippen molar-refractivity contribution >= 4 is 5.91 Å². The van der Waals surface area contributed by atoms with Gasteiger partial charge < -0.3 is 10.2 Å². The summed E-state index contributed by atoms with van der Waals surface area (Å²) in [6.07, 6.45) is 10.2. The normalized spacial score (nSPS) is 29.9. The van der Waals surface area contributed by atoms with Crippen molar-refractivity contribution in [3.8, 4) is 0 Å². The van der Waals surface area contributed by atoms with Crippen LogP contribution in [0.15, 0.2) is 0 Å². The van der Waals surface area contributed by atoms with E-state index in [0.29, 0.717) is 18.5 Å². The highest BCUT2D eigenvalue weighted by Gasteiger charge is 2.22. The summed E-state index contributed by atoms with van der Waals surface area (Å²) in [5.74, 6) is 1.05. The Morgan fingerprint density at radius 3 is 2.39 bits per heavy atom. The van der Waals surface area contributed by atoms with Crippen LogP contribution in [0, 0.1) is 5.92 Å².